The number of rotatable bonds is 11. The van der Waals surface area contributed by atoms with Gasteiger partial charge in [-0.25, -0.2) is 0 Å². The maximum absolute atomic E-state index is 11.3. The first-order valence-electron chi connectivity index (χ1n) is 7.10. The van der Waals surface area contributed by atoms with Crippen LogP contribution in [0.3, 0.4) is 0 Å². The highest BCUT2D eigenvalue weighted by molar-refractivity contribution is 5.81. The van der Waals surface area contributed by atoms with Crippen LogP contribution in [0.25, 0.3) is 0 Å². The van der Waals surface area contributed by atoms with Gasteiger partial charge in [0.1, 0.15) is 37.6 Å². The molecule has 0 amide bonds. The number of hydrogen-bond acceptors (Lipinski definition) is 10. The average molecular weight is 350 g/mol. The maximum Gasteiger partial charge on any atom is 0.306 e. The Labute approximate surface area is 138 Å². The largest absolute Gasteiger partial charge is 0.463 e. The zero-order valence-electron chi connectivity index (χ0n) is 13.4. The highest BCUT2D eigenvalue weighted by atomic mass is 16.6. The van der Waals surface area contributed by atoms with Crippen molar-refractivity contribution in [3.05, 3.63) is 0 Å². The lowest BCUT2D eigenvalue weighted by atomic mass is 10.1. The summed E-state index contributed by atoms with van der Waals surface area (Å²) in [5.74, 6) is -3.11. The molecule has 10 nitrogen and oxygen atoms in total. The molecule has 4 unspecified atom stereocenters. The van der Waals surface area contributed by atoms with Crippen molar-refractivity contribution < 1.29 is 49.1 Å². The highest BCUT2D eigenvalue weighted by Crippen LogP contribution is 2.02. The monoisotopic (exact) mass is 350 g/mol. The van der Waals surface area contributed by atoms with Gasteiger partial charge in [0.05, 0.1) is 12.8 Å². The highest BCUT2D eigenvalue weighted by Gasteiger charge is 2.23. The Morgan fingerprint density at radius 3 is 1.25 bits per heavy atom. The normalized spacial score (nSPS) is 15.8. The maximum atomic E-state index is 11.3. The molecule has 0 bridgehead atoms. The Morgan fingerprint density at radius 2 is 1.00 bits per heavy atom. The molecule has 0 rings (SSSR count). The third kappa shape index (κ3) is 8.67. The third-order valence-corrected chi connectivity index (χ3v) is 2.93. The van der Waals surface area contributed by atoms with Crippen LogP contribution in [-0.2, 0) is 28.7 Å². The summed E-state index contributed by atoms with van der Waals surface area (Å²) >= 11 is 0. The second-order valence-electron chi connectivity index (χ2n) is 5.11. The lowest BCUT2D eigenvalue weighted by Crippen LogP contribution is -2.36. The molecule has 138 valence electrons. The number of aliphatic hydroxyl groups is 4. The fourth-order valence-corrected chi connectivity index (χ4v) is 1.43. The van der Waals surface area contributed by atoms with Gasteiger partial charge in [-0.05, 0) is 13.8 Å². The SMILES string of the molecule is CC(=O)C(O)C(O)COC(=O)CCC(=O)OCC(O)C(O)C(C)=O. The first kappa shape index (κ1) is 22.1. The summed E-state index contributed by atoms with van der Waals surface area (Å²) in [4.78, 5) is 44.3. The Morgan fingerprint density at radius 1 is 0.708 bits per heavy atom. The molecule has 4 atom stereocenters. The van der Waals surface area contributed by atoms with Gasteiger partial charge in [-0.1, -0.05) is 0 Å². The van der Waals surface area contributed by atoms with Gasteiger partial charge < -0.3 is 29.9 Å². The Hall–Kier alpha value is -1.88. The van der Waals surface area contributed by atoms with E-state index in [4.69, 9.17) is 0 Å². The van der Waals surface area contributed by atoms with Crippen LogP contribution in [0.2, 0.25) is 0 Å². The Bertz CT molecular complexity index is 418. The summed E-state index contributed by atoms with van der Waals surface area (Å²) in [5.41, 5.74) is 0. The van der Waals surface area contributed by atoms with Crippen molar-refractivity contribution in [2.75, 3.05) is 13.2 Å². The molecule has 10 heteroatoms. The van der Waals surface area contributed by atoms with E-state index in [0.717, 1.165) is 13.8 Å². The summed E-state index contributed by atoms with van der Waals surface area (Å²) in [6, 6.07) is 0. The summed E-state index contributed by atoms with van der Waals surface area (Å²) in [6.07, 6.45) is -7.27. The van der Waals surface area contributed by atoms with Crippen LogP contribution in [0.15, 0.2) is 0 Å². The molecule has 0 spiro atoms. The second kappa shape index (κ2) is 10.8. The fraction of sp³-hybridized carbons (Fsp3) is 0.714. The first-order valence-corrected chi connectivity index (χ1v) is 7.10. The molecule has 0 aliphatic carbocycles. The third-order valence-electron chi connectivity index (χ3n) is 2.93. The number of esters is 2. The quantitative estimate of drug-likeness (QED) is 0.292. The van der Waals surface area contributed by atoms with Gasteiger partial charge in [-0.3, -0.25) is 19.2 Å². The van der Waals surface area contributed by atoms with Gasteiger partial charge in [-0.2, -0.15) is 0 Å². The predicted molar refractivity (Wildman–Crippen MR) is 76.5 cm³/mol. The zero-order valence-corrected chi connectivity index (χ0v) is 13.4. The van der Waals surface area contributed by atoms with Crippen LogP contribution in [0, 0.1) is 0 Å². The van der Waals surface area contributed by atoms with Crippen LogP contribution in [0.1, 0.15) is 26.7 Å². The van der Waals surface area contributed by atoms with Gasteiger partial charge in [0.25, 0.3) is 0 Å². The molecule has 0 aliphatic rings. The summed E-state index contributed by atoms with van der Waals surface area (Å²) < 4.78 is 9.16. The van der Waals surface area contributed by atoms with E-state index in [-0.39, 0.29) is 0 Å². The van der Waals surface area contributed by atoms with Crippen LogP contribution in [0.4, 0.5) is 0 Å². The summed E-state index contributed by atoms with van der Waals surface area (Å²) in [7, 11) is 0. The van der Waals surface area contributed by atoms with Gasteiger partial charge in [0.15, 0.2) is 11.6 Å². The molecule has 4 N–H and O–H groups in total. The van der Waals surface area contributed by atoms with Crippen molar-refractivity contribution in [3.8, 4) is 0 Å². The predicted octanol–water partition coefficient (Wildman–Crippen LogP) is -2.53. The number of carbonyl (C=O) groups excluding carboxylic acids is 4. The molecule has 0 heterocycles. The summed E-state index contributed by atoms with van der Waals surface area (Å²) in [6.45, 7) is 0.892. The molecule has 0 aliphatic heterocycles. The minimum absolute atomic E-state index is 0.396. The van der Waals surface area contributed by atoms with E-state index in [9.17, 15) is 39.6 Å². The van der Waals surface area contributed by atoms with E-state index in [1.54, 1.807) is 0 Å². The lowest BCUT2D eigenvalue weighted by Gasteiger charge is -2.16. The van der Waals surface area contributed by atoms with E-state index in [1.165, 1.54) is 0 Å². The average Bonchev–Trinajstić information content (AvgIpc) is 2.53. The molecule has 0 radical (unpaired) electrons. The minimum Gasteiger partial charge on any atom is -0.463 e. The molecule has 0 aromatic heterocycles. The molecular formula is C14H22O10. The lowest BCUT2D eigenvalue weighted by molar-refractivity contribution is -0.157. The number of ketones is 2. The number of Topliss-reactive ketones (excluding diaryl/α,β-unsaturated/α-hetero) is 2. The van der Waals surface area contributed by atoms with E-state index >= 15 is 0 Å². The van der Waals surface area contributed by atoms with Crippen LogP contribution in [0.5, 0.6) is 0 Å². The zero-order chi connectivity index (χ0) is 18.9. The van der Waals surface area contributed by atoms with Crippen molar-refractivity contribution in [3.63, 3.8) is 0 Å². The standard InChI is InChI=1S/C14H22O10/c1-7(15)13(21)9(17)5-23-11(19)3-4-12(20)24-6-10(18)14(22)8(2)16/h9-10,13-14,17-18,21-22H,3-6H2,1-2H3. The van der Waals surface area contributed by atoms with E-state index in [2.05, 4.69) is 9.47 Å². The fourth-order valence-electron chi connectivity index (χ4n) is 1.43. The smallest absolute Gasteiger partial charge is 0.306 e. The van der Waals surface area contributed by atoms with Crippen LogP contribution < -0.4 is 0 Å². The van der Waals surface area contributed by atoms with Gasteiger partial charge >= 0.3 is 11.9 Å². The number of ether oxygens (including phenoxy) is 2. The van der Waals surface area contributed by atoms with Crippen LogP contribution in [-0.4, -0.2) is 81.6 Å². The van der Waals surface area contributed by atoms with E-state index in [0.29, 0.717) is 0 Å². The Balaban J connectivity index is 4.00. The van der Waals surface area contributed by atoms with Gasteiger partial charge in [0, 0.05) is 0 Å². The van der Waals surface area contributed by atoms with Crippen molar-refractivity contribution in [1.82, 2.24) is 0 Å². The Kier molecular flexibility index (Phi) is 9.97. The number of carbonyl (C=O) groups is 4. The molecule has 0 fully saturated rings. The van der Waals surface area contributed by atoms with Crippen LogP contribution >= 0.6 is 0 Å². The second-order valence-corrected chi connectivity index (χ2v) is 5.11. The number of hydrogen-bond donors (Lipinski definition) is 4. The minimum atomic E-state index is -1.67. The van der Waals surface area contributed by atoms with Gasteiger partial charge in [-0.15, -0.1) is 0 Å². The van der Waals surface area contributed by atoms with E-state index < -0.39 is 74.0 Å². The van der Waals surface area contributed by atoms with Crippen molar-refractivity contribution >= 4 is 23.5 Å². The van der Waals surface area contributed by atoms with Crippen molar-refractivity contribution in [1.29, 1.82) is 0 Å². The van der Waals surface area contributed by atoms with Gasteiger partial charge in [0.2, 0.25) is 0 Å². The van der Waals surface area contributed by atoms with E-state index in [1.807, 2.05) is 0 Å². The van der Waals surface area contributed by atoms with Crippen molar-refractivity contribution in [2.24, 2.45) is 0 Å². The van der Waals surface area contributed by atoms with Crippen molar-refractivity contribution in [2.45, 2.75) is 51.1 Å². The molecule has 24 heavy (non-hydrogen) atoms. The molecular weight excluding hydrogens is 328 g/mol. The summed E-state index contributed by atoms with van der Waals surface area (Å²) in [5, 5.41) is 37.1. The molecule has 0 aromatic carbocycles. The number of aliphatic hydroxyl groups excluding tert-OH is 4. The molecule has 0 saturated carbocycles. The topological polar surface area (TPSA) is 168 Å². The first-order chi connectivity index (χ1) is 11.1. The molecule has 0 aromatic rings. The molecule has 0 saturated heterocycles.